The lowest BCUT2D eigenvalue weighted by atomic mass is 9.79. The summed E-state index contributed by atoms with van der Waals surface area (Å²) in [5, 5.41) is 4.98. The summed E-state index contributed by atoms with van der Waals surface area (Å²) in [5.41, 5.74) is 10.8. The molecule has 0 unspecified atom stereocenters. The molecule has 1 aromatic heterocycles. The molecule has 0 atom stereocenters. The van der Waals surface area contributed by atoms with E-state index in [0.717, 1.165) is 24.9 Å². The third kappa shape index (κ3) is 3.20. The summed E-state index contributed by atoms with van der Waals surface area (Å²) >= 11 is 0. The van der Waals surface area contributed by atoms with Crippen molar-refractivity contribution in [3.63, 3.8) is 0 Å². The number of nitrogens with zero attached hydrogens (tertiary/aromatic N) is 1. The molecule has 1 saturated heterocycles. The van der Waals surface area contributed by atoms with Crippen LogP contribution in [0.25, 0.3) is 10.9 Å². The quantitative estimate of drug-likeness (QED) is 0.816. The highest BCUT2D eigenvalue weighted by atomic mass is 15.0. The van der Waals surface area contributed by atoms with Gasteiger partial charge in [0, 0.05) is 29.2 Å². The molecule has 0 amide bonds. The first-order valence-corrected chi connectivity index (χ1v) is 10.7. The number of hydrogen-bond acceptors (Lipinski definition) is 2. The van der Waals surface area contributed by atoms with Gasteiger partial charge in [0.05, 0.1) is 0 Å². The van der Waals surface area contributed by atoms with E-state index in [1.807, 2.05) is 0 Å². The number of nitrogens with two attached hydrogens (primary N) is 1. The molecule has 3 heteroatoms. The Bertz CT molecular complexity index is 731. The zero-order valence-electron chi connectivity index (χ0n) is 16.5. The Kier molecular flexibility index (Phi) is 5.37. The topological polar surface area (TPSA) is 43.0 Å². The van der Waals surface area contributed by atoms with Gasteiger partial charge < -0.3 is 15.6 Å². The fourth-order valence-electron chi connectivity index (χ4n) is 5.56. The minimum Gasteiger partial charge on any atom is -0.340 e. The SMILES string of the molecule is CC(C)[C@H]1CC[C@@H](n2c(CN)c(C3CCNCC3)c3ccccc32)CC1. The second-order valence-corrected chi connectivity index (χ2v) is 8.79. The Morgan fingerprint density at radius 1 is 1.04 bits per heavy atom. The van der Waals surface area contributed by atoms with Crippen molar-refractivity contribution in [2.45, 2.75) is 70.9 Å². The molecule has 0 spiro atoms. The summed E-state index contributed by atoms with van der Waals surface area (Å²) in [4.78, 5) is 0. The number of fused-ring (bicyclic) bond motifs is 1. The van der Waals surface area contributed by atoms with E-state index in [9.17, 15) is 0 Å². The predicted octanol–water partition coefficient (Wildman–Crippen LogP) is 4.95. The first-order chi connectivity index (χ1) is 12.7. The van der Waals surface area contributed by atoms with E-state index in [1.54, 1.807) is 5.56 Å². The van der Waals surface area contributed by atoms with Gasteiger partial charge in [-0.1, -0.05) is 32.0 Å². The highest BCUT2D eigenvalue weighted by Gasteiger charge is 2.30. The van der Waals surface area contributed by atoms with Crippen LogP contribution in [0.1, 0.15) is 75.6 Å². The molecule has 2 aromatic rings. The Balaban J connectivity index is 1.75. The van der Waals surface area contributed by atoms with Gasteiger partial charge in [0.25, 0.3) is 0 Å². The van der Waals surface area contributed by atoms with Crippen LogP contribution in [0.4, 0.5) is 0 Å². The van der Waals surface area contributed by atoms with Crippen molar-refractivity contribution in [2.24, 2.45) is 17.6 Å². The number of nitrogens with one attached hydrogen (secondary N) is 1. The first-order valence-electron chi connectivity index (χ1n) is 10.7. The first kappa shape index (κ1) is 18.1. The van der Waals surface area contributed by atoms with Gasteiger partial charge in [-0.25, -0.2) is 0 Å². The molecule has 26 heavy (non-hydrogen) atoms. The highest BCUT2D eigenvalue weighted by molar-refractivity contribution is 5.86. The van der Waals surface area contributed by atoms with Crippen LogP contribution < -0.4 is 11.1 Å². The number of benzene rings is 1. The third-order valence-corrected chi connectivity index (χ3v) is 7.05. The van der Waals surface area contributed by atoms with Gasteiger partial charge in [-0.2, -0.15) is 0 Å². The Morgan fingerprint density at radius 2 is 1.73 bits per heavy atom. The summed E-state index contributed by atoms with van der Waals surface area (Å²) in [7, 11) is 0. The van der Waals surface area contributed by atoms with Crippen molar-refractivity contribution >= 4 is 10.9 Å². The smallest absolute Gasteiger partial charge is 0.0488 e. The van der Waals surface area contributed by atoms with Crippen LogP contribution in [0, 0.1) is 11.8 Å². The van der Waals surface area contributed by atoms with E-state index in [1.165, 1.54) is 55.1 Å². The standard InChI is InChI=1S/C23H35N3/c1-16(2)17-7-9-19(10-8-17)26-21-6-4-3-5-20(21)23(22(26)15-24)18-11-13-25-14-12-18/h3-6,16-19,25H,7-15,24H2,1-2H3/t17-,19+. The maximum atomic E-state index is 6.37. The summed E-state index contributed by atoms with van der Waals surface area (Å²) in [6, 6.07) is 9.69. The molecule has 1 saturated carbocycles. The number of hydrogen-bond donors (Lipinski definition) is 2. The average Bonchev–Trinajstić information content (AvgIpc) is 3.03. The Morgan fingerprint density at radius 3 is 2.38 bits per heavy atom. The van der Waals surface area contributed by atoms with Crippen molar-refractivity contribution in [2.75, 3.05) is 13.1 Å². The lowest BCUT2D eigenvalue weighted by Crippen LogP contribution is -2.28. The van der Waals surface area contributed by atoms with Gasteiger partial charge in [-0.15, -0.1) is 0 Å². The molecule has 2 aliphatic rings. The van der Waals surface area contributed by atoms with Crippen molar-refractivity contribution in [1.82, 2.24) is 9.88 Å². The van der Waals surface area contributed by atoms with Gasteiger partial charge in [0.1, 0.15) is 0 Å². The van der Waals surface area contributed by atoms with Crippen LogP contribution in [-0.2, 0) is 6.54 Å². The van der Waals surface area contributed by atoms with Gasteiger partial charge in [0.2, 0.25) is 0 Å². The number of para-hydroxylation sites is 1. The number of piperidine rings is 1. The molecule has 2 heterocycles. The van der Waals surface area contributed by atoms with E-state index in [4.69, 9.17) is 5.73 Å². The third-order valence-electron chi connectivity index (χ3n) is 7.05. The molecule has 3 nitrogen and oxygen atoms in total. The van der Waals surface area contributed by atoms with Crippen LogP contribution in [0.15, 0.2) is 24.3 Å². The average molecular weight is 354 g/mol. The van der Waals surface area contributed by atoms with Crippen molar-refractivity contribution in [3.8, 4) is 0 Å². The molecule has 0 bridgehead atoms. The van der Waals surface area contributed by atoms with Crippen molar-refractivity contribution < 1.29 is 0 Å². The predicted molar refractivity (Wildman–Crippen MR) is 111 cm³/mol. The monoisotopic (exact) mass is 353 g/mol. The van der Waals surface area contributed by atoms with E-state index < -0.39 is 0 Å². The molecule has 0 radical (unpaired) electrons. The molecule has 1 aromatic carbocycles. The minimum absolute atomic E-state index is 0.629. The highest BCUT2D eigenvalue weighted by Crippen LogP contribution is 2.42. The molecule has 1 aliphatic heterocycles. The lowest BCUT2D eigenvalue weighted by Gasteiger charge is -2.33. The van der Waals surface area contributed by atoms with Crippen LogP contribution >= 0.6 is 0 Å². The van der Waals surface area contributed by atoms with Crippen LogP contribution in [0.2, 0.25) is 0 Å². The molecule has 3 N–H and O–H groups in total. The van der Waals surface area contributed by atoms with Crippen molar-refractivity contribution in [3.05, 3.63) is 35.5 Å². The summed E-state index contributed by atoms with van der Waals surface area (Å²) < 4.78 is 2.66. The summed E-state index contributed by atoms with van der Waals surface area (Å²) in [5.74, 6) is 2.38. The fraction of sp³-hybridized carbons (Fsp3) is 0.652. The Labute approximate surface area is 158 Å². The normalized spacial score (nSPS) is 25.2. The lowest BCUT2D eigenvalue weighted by molar-refractivity contribution is 0.226. The molecular weight excluding hydrogens is 318 g/mol. The molecule has 1 aliphatic carbocycles. The largest absolute Gasteiger partial charge is 0.340 e. The van der Waals surface area contributed by atoms with Gasteiger partial charge in [-0.05, 0) is 81.0 Å². The fourth-order valence-corrected chi connectivity index (χ4v) is 5.56. The van der Waals surface area contributed by atoms with Crippen LogP contribution in [-0.4, -0.2) is 17.7 Å². The zero-order chi connectivity index (χ0) is 18.1. The molecule has 2 fully saturated rings. The van der Waals surface area contributed by atoms with Gasteiger partial charge >= 0.3 is 0 Å². The molecule has 142 valence electrons. The number of aromatic nitrogens is 1. The van der Waals surface area contributed by atoms with E-state index >= 15 is 0 Å². The van der Waals surface area contributed by atoms with Gasteiger partial charge in [0.15, 0.2) is 0 Å². The minimum atomic E-state index is 0.629. The summed E-state index contributed by atoms with van der Waals surface area (Å²) in [6.07, 6.45) is 7.81. The second-order valence-electron chi connectivity index (χ2n) is 8.79. The zero-order valence-corrected chi connectivity index (χ0v) is 16.5. The van der Waals surface area contributed by atoms with E-state index in [2.05, 4.69) is 48.0 Å². The maximum Gasteiger partial charge on any atom is 0.0488 e. The van der Waals surface area contributed by atoms with Gasteiger partial charge in [-0.3, -0.25) is 0 Å². The Hall–Kier alpha value is -1.32. The van der Waals surface area contributed by atoms with Crippen LogP contribution in [0.3, 0.4) is 0 Å². The summed E-state index contributed by atoms with van der Waals surface area (Å²) in [6.45, 7) is 7.70. The van der Waals surface area contributed by atoms with E-state index in [-0.39, 0.29) is 0 Å². The van der Waals surface area contributed by atoms with Crippen molar-refractivity contribution in [1.29, 1.82) is 0 Å². The molecule has 4 rings (SSSR count). The number of rotatable bonds is 4. The maximum absolute atomic E-state index is 6.37. The second kappa shape index (κ2) is 7.74. The van der Waals surface area contributed by atoms with E-state index in [0.29, 0.717) is 18.5 Å². The molecular formula is C23H35N3. The van der Waals surface area contributed by atoms with Crippen LogP contribution in [0.5, 0.6) is 0 Å².